The first-order valence-electron chi connectivity index (χ1n) is 11.2. The largest absolute Gasteiger partial charge is 0.457 e. The standard InChI is InChI=1S/C27H32N2O.2ClH/c1-3-10-24(11-4-1)12-9-18-28-20-22-29(23-21-28)19-17-25-13-7-8-16-27(25)30-26-14-5-2-6-15-26;;/h1-8,10-11,13-16H,9,12,17-23H2;2*1H. The van der Waals surface area contributed by atoms with Gasteiger partial charge in [-0.3, -0.25) is 0 Å². The van der Waals surface area contributed by atoms with Crippen LogP contribution in [0.3, 0.4) is 0 Å². The smallest absolute Gasteiger partial charge is 0.130 e. The molecule has 0 N–H and O–H groups in total. The highest BCUT2D eigenvalue weighted by molar-refractivity contribution is 5.85. The van der Waals surface area contributed by atoms with Crippen LogP contribution in [-0.2, 0) is 12.8 Å². The van der Waals surface area contributed by atoms with Crippen LogP contribution >= 0.6 is 24.8 Å². The van der Waals surface area contributed by atoms with Crippen molar-refractivity contribution >= 4 is 24.8 Å². The maximum Gasteiger partial charge on any atom is 0.130 e. The first kappa shape index (κ1) is 26.2. The molecule has 0 aromatic heterocycles. The van der Waals surface area contributed by atoms with Crippen LogP contribution in [0.2, 0.25) is 0 Å². The Bertz CT molecular complexity index is 884. The van der Waals surface area contributed by atoms with Crippen LogP contribution < -0.4 is 4.74 Å². The molecule has 0 unspecified atom stereocenters. The molecule has 172 valence electrons. The molecule has 1 fully saturated rings. The normalized spacial score (nSPS) is 14.2. The highest BCUT2D eigenvalue weighted by atomic mass is 35.5. The summed E-state index contributed by atoms with van der Waals surface area (Å²) in [5.41, 5.74) is 2.74. The van der Waals surface area contributed by atoms with E-state index in [4.69, 9.17) is 4.74 Å². The van der Waals surface area contributed by atoms with Gasteiger partial charge in [0.1, 0.15) is 11.5 Å². The number of para-hydroxylation sites is 2. The molecular formula is C27H34Cl2N2O. The van der Waals surface area contributed by atoms with Gasteiger partial charge in [-0.05, 0) is 55.1 Å². The first-order valence-corrected chi connectivity index (χ1v) is 11.2. The SMILES string of the molecule is Cl.Cl.c1ccc(CCCN2CCN(CCc3ccccc3Oc3ccccc3)CC2)cc1. The highest BCUT2D eigenvalue weighted by Crippen LogP contribution is 2.25. The van der Waals surface area contributed by atoms with Crippen molar-refractivity contribution in [3.05, 3.63) is 96.1 Å². The molecular weight excluding hydrogens is 439 g/mol. The number of halogens is 2. The van der Waals surface area contributed by atoms with Crippen molar-refractivity contribution in [1.29, 1.82) is 0 Å². The molecule has 0 atom stereocenters. The molecule has 32 heavy (non-hydrogen) atoms. The highest BCUT2D eigenvalue weighted by Gasteiger charge is 2.17. The fraction of sp³-hybridized carbons (Fsp3) is 0.333. The van der Waals surface area contributed by atoms with E-state index in [0.29, 0.717) is 0 Å². The van der Waals surface area contributed by atoms with Gasteiger partial charge < -0.3 is 14.5 Å². The van der Waals surface area contributed by atoms with Crippen molar-refractivity contribution < 1.29 is 4.74 Å². The van der Waals surface area contributed by atoms with Gasteiger partial charge in [0.05, 0.1) is 0 Å². The summed E-state index contributed by atoms with van der Waals surface area (Å²) in [5, 5.41) is 0. The second kappa shape index (κ2) is 14.2. The average molecular weight is 473 g/mol. The van der Waals surface area contributed by atoms with E-state index in [-0.39, 0.29) is 24.8 Å². The summed E-state index contributed by atoms with van der Waals surface area (Å²) in [7, 11) is 0. The molecule has 3 aromatic rings. The molecule has 0 spiro atoms. The van der Waals surface area contributed by atoms with Gasteiger partial charge in [-0.1, -0.05) is 66.7 Å². The van der Waals surface area contributed by atoms with Crippen molar-refractivity contribution in [2.75, 3.05) is 39.3 Å². The van der Waals surface area contributed by atoms with Gasteiger partial charge in [0.25, 0.3) is 0 Å². The summed E-state index contributed by atoms with van der Waals surface area (Å²) in [6.07, 6.45) is 3.45. The maximum atomic E-state index is 6.12. The average Bonchev–Trinajstić information content (AvgIpc) is 2.81. The Morgan fingerprint density at radius 2 is 1.16 bits per heavy atom. The predicted molar refractivity (Wildman–Crippen MR) is 139 cm³/mol. The quantitative estimate of drug-likeness (QED) is 0.373. The van der Waals surface area contributed by atoms with Crippen molar-refractivity contribution in [3.8, 4) is 11.5 Å². The minimum atomic E-state index is 0. The van der Waals surface area contributed by atoms with Gasteiger partial charge in [-0.15, -0.1) is 24.8 Å². The first-order chi connectivity index (χ1) is 14.9. The summed E-state index contributed by atoms with van der Waals surface area (Å²) in [6.45, 7) is 6.97. The Labute approximate surface area is 205 Å². The van der Waals surface area contributed by atoms with Gasteiger partial charge in [-0.2, -0.15) is 0 Å². The summed E-state index contributed by atoms with van der Waals surface area (Å²) in [5.74, 6) is 1.87. The number of nitrogens with zero attached hydrogens (tertiary/aromatic N) is 2. The Morgan fingerprint density at radius 3 is 1.84 bits per heavy atom. The zero-order valence-corrected chi connectivity index (χ0v) is 20.2. The van der Waals surface area contributed by atoms with E-state index in [2.05, 4.69) is 64.4 Å². The van der Waals surface area contributed by atoms with Crippen LogP contribution in [-0.4, -0.2) is 49.1 Å². The molecule has 1 aliphatic heterocycles. The van der Waals surface area contributed by atoms with E-state index < -0.39 is 0 Å². The number of piperazine rings is 1. The summed E-state index contributed by atoms with van der Waals surface area (Å²) in [6, 6.07) is 29.3. The minimum Gasteiger partial charge on any atom is -0.457 e. The minimum absolute atomic E-state index is 0. The van der Waals surface area contributed by atoms with Crippen LogP contribution in [0.4, 0.5) is 0 Å². The molecule has 1 aliphatic rings. The van der Waals surface area contributed by atoms with Crippen LogP contribution in [0, 0.1) is 0 Å². The van der Waals surface area contributed by atoms with Crippen LogP contribution in [0.5, 0.6) is 11.5 Å². The zero-order valence-electron chi connectivity index (χ0n) is 18.6. The molecule has 0 bridgehead atoms. The van der Waals surface area contributed by atoms with Crippen molar-refractivity contribution in [2.24, 2.45) is 0 Å². The Morgan fingerprint density at radius 1 is 0.594 bits per heavy atom. The number of hydrogen-bond acceptors (Lipinski definition) is 3. The van der Waals surface area contributed by atoms with Gasteiger partial charge in [-0.25, -0.2) is 0 Å². The number of ether oxygens (including phenoxy) is 1. The third kappa shape index (κ3) is 8.14. The second-order valence-electron chi connectivity index (χ2n) is 8.05. The molecule has 0 amide bonds. The molecule has 4 rings (SSSR count). The Kier molecular flexibility index (Phi) is 11.6. The van der Waals surface area contributed by atoms with Crippen LogP contribution in [0.25, 0.3) is 0 Å². The van der Waals surface area contributed by atoms with E-state index in [1.54, 1.807) is 0 Å². The topological polar surface area (TPSA) is 15.7 Å². The molecule has 1 saturated heterocycles. The summed E-state index contributed by atoms with van der Waals surface area (Å²) < 4.78 is 6.12. The molecule has 0 saturated carbocycles. The van der Waals surface area contributed by atoms with Crippen LogP contribution in [0.15, 0.2) is 84.9 Å². The van der Waals surface area contributed by atoms with E-state index in [1.807, 2.05) is 30.3 Å². The van der Waals surface area contributed by atoms with Gasteiger partial charge in [0.2, 0.25) is 0 Å². The fourth-order valence-electron chi connectivity index (χ4n) is 4.09. The molecule has 5 heteroatoms. The molecule has 1 heterocycles. The van der Waals surface area contributed by atoms with Crippen molar-refractivity contribution in [2.45, 2.75) is 19.3 Å². The van der Waals surface area contributed by atoms with E-state index in [1.165, 1.54) is 43.6 Å². The van der Waals surface area contributed by atoms with Gasteiger partial charge >= 0.3 is 0 Å². The lowest BCUT2D eigenvalue weighted by atomic mass is 10.1. The van der Waals surface area contributed by atoms with Crippen molar-refractivity contribution in [3.63, 3.8) is 0 Å². The lowest BCUT2D eigenvalue weighted by Crippen LogP contribution is -2.47. The van der Waals surface area contributed by atoms with Gasteiger partial charge in [0.15, 0.2) is 0 Å². The number of aryl methyl sites for hydroxylation is 1. The van der Waals surface area contributed by atoms with Crippen LogP contribution in [0.1, 0.15) is 17.5 Å². The second-order valence-corrected chi connectivity index (χ2v) is 8.05. The monoisotopic (exact) mass is 472 g/mol. The lowest BCUT2D eigenvalue weighted by Gasteiger charge is -2.34. The fourth-order valence-corrected chi connectivity index (χ4v) is 4.09. The Hall–Kier alpha value is -2.04. The third-order valence-electron chi connectivity index (χ3n) is 5.89. The maximum absolute atomic E-state index is 6.12. The molecule has 3 nitrogen and oxygen atoms in total. The summed E-state index contributed by atoms with van der Waals surface area (Å²) >= 11 is 0. The zero-order chi connectivity index (χ0) is 20.4. The Balaban J connectivity index is 0.00000181. The summed E-state index contributed by atoms with van der Waals surface area (Å²) in [4.78, 5) is 5.21. The number of rotatable bonds is 9. The number of benzene rings is 3. The van der Waals surface area contributed by atoms with Crippen molar-refractivity contribution in [1.82, 2.24) is 9.80 Å². The molecule has 0 radical (unpaired) electrons. The third-order valence-corrected chi connectivity index (χ3v) is 5.89. The van der Waals surface area contributed by atoms with Gasteiger partial charge in [0, 0.05) is 32.7 Å². The molecule has 3 aromatic carbocycles. The number of hydrogen-bond donors (Lipinski definition) is 0. The van der Waals surface area contributed by atoms with E-state index in [9.17, 15) is 0 Å². The lowest BCUT2D eigenvalue weighted by molar-refractivity contribution is 0.132. The van der Waals surface area contributed by atoms with E-state index in [0.717, 1.165) is 37.6 Å². The van der Waals surface area contributed by atoms with E-state index >= 15 is 0 Å². The molecule has 0 aliphatic carbocycles. The predicted octanol–water partition coefficient (Wildman–Crippen LogP) is 6.12.